The van der Waals surface area contributed by atoms with E-state index >= 15 is 0 Å². The molecule has 0 fully saturated rings. The van der Waals surface area contributed by atoms with Crippen molar-refractivity contribution in [3.63, 3.8) is 0 Å². The van der Waals surface area contributed by atoms with Gasteiger partial charge in [0.1, 0.15) is 18.3 Å². The molecule has 0 spiro atoms. The Morgan fingerprint density at radius 1 is 1.20 bits per heavy atom. The Bertz CT molecular complexity index is 351. The van der Waals surface area contributed by atoms with Crippen LogP contribution in [0.1, 0.15) is 19.3 Å². The van der Waals surface area contributed by atoms with E-state index in [1.807, 2.05) is 0 Å². The van der Waals surface area contributed by atoms with Gasteiger partial charge in [0.25, 0.3) is 0 Å². The van der Waals surface area contributed by atoms with Gasteiger partial charge < -0.3 is 15.2 Å². The highest BCUT2D eigenvalue weighted by molar-refractivity contribution is 5.23. The minimum Gasteiger partial charge on any atom is -0.462 e. The molecule has 0 aromatic rings. The van der Waals surface area contributed by atoms with Crippen LogP contribution in [-0.2, 0) is 9.47 Å². The Morgan fingerprint density at radius 3 is 2.67 bits per heavy atom. The molecule has 3 heteroatoms. The molecule has 1 aliphatic carbocycles. The van der Waals surface area contributed by atoms with Gasteiger partial charge in [-0.25, -0.2) is 0 Å². The van der Waals surface area contributed by atoms with E-state index in [-0.39, 0.29) is 0 Å². The second kappa shape index (κ2) is 4.84. The topological polar surface area (TPSA) is 44.5 Å². The molecule has 0 atom stereocenters. The molecule has 0 unspecified atom stereocenters. The molecule has 2 N–H and O–H groups in total. The third kappa shape index (κ3) is 2.50. The van der Waals surface area contributed by atoms with Crippen molar-refractivity contribution >= 4 is 0 Å². The second-order valence-electron chi connectivity index (χ2n) is 3.53. The highest BCUT2D eigenvalue weighted by Crippen LogP contribution is 2.24. The molecule has 1 heterocycles. The first-order chi connectivity index (χ1) is 7.40. The number of hydrogen-bond acceptors (Lipinski definition) is 3. The van der Waals surface area contributed by atoms with Crippen LogP contribution in [0.5, 0.6) is 0 Å². The fourth-order valence-electron chi connectivity index (χ4n) is 1.66. The second-order valence-corrected chi connectivity index (χ2v) is 3.53. The van der Waals surface area contributed by atoms with E-state index in [1.54, 1.807) is 6.26 Å². The van der Waals surface area contributed by atoms with Crippen molar-refractivity contribution in [3.05, 3.63) is 47.8 Å². The summed E-state index contributed by atoms with van der Waals surface area (Å²) in [7, 11) is 0. The van der Waals surface area contributed by atoms with Gasteiger partial charge in [0.15, 0.2) is 5.76 Å². The normalized spacial score (nSPS) is 19.7. The molecule has 1 aliphatic heterocycles. The predicted molar refractivity (Wildman–Crippen MR) is 58.5 cm³/mol. The zero-order valence-corrected chi connectivity index (χ0v) is 8.61. The summed E-state index contributed by atoms with van der Waals surface area (Å²) in [4.78, 5) is 0. The number of nitrogens with two attached hydrogens (primary N) is 1. The van der Waals surface area contributed by atoms with E-state index in [0.29, 0.717) is 6.54 Å². The average molecular weight is 205 g/mol. The summed E-state index contributed by atoms with van der Waals surface area (Å²) in [5, 5.41) is 0. The van der Waals surface area contributed by atoms with Gasteiger partial charge in [-0.05, 0) is 12.8 Å². The zero-order chi connectivity index (χ0) is 10.5. The summed E-state index contributed by atoms with van der Waals surface area (Å²) >= 11 is 0. The highest BCUT2D eigenvalue weighted by Gasteiger charge is 2.13. The SMILES string of the molecule is NCC1=C(CC2=CC=CCC2)OC=CO1. The Hall–Kier alpha value is -1.48. The minimum absolute atomic E-state index is 0.378. The summed E-state index contributed by atoms with van der Waals surface area (Å²) in [6, 6.07) is 0. The van der Waals surface area contributed by atoms with E-state index in [2.05, 4.69) is 18.2 Å². The van der Waals surface area contributed by atoms with E-state index in [0.717, 1.165) is 30.8 Å². The largest absolute Gasteiger partial charge is 0.462 e. The van der Waals surface area contributed by atoms with Crippen molar-refractivity contribution in [3.8, 4) is 0 Å². The Labute approximate surface area is 89.6 Å². The molecule has 0 aromatic heterocycles. The smallest absolute Gasteiger partial charge is 0.155 e. The van der Waals surface area contributed by atoms with Crippen molar-refractivity contribution in [2.75, 3.05) is 6.54 Å². The first kappa shape index (κ1) is 10.1. The van der Waals surface area contributed by atoms with Gasteiger partial charge in [0, 0.05) is 6.42 Å². The van der Waals surface area contributed by atoms with Crippen LogP contribution in [0.3, 0.4) is 0 Å². The number of allylic oxidation sites excluding steroid dienone is 4. The van der Waals surface area contributed by atoms with Crippen LogP contribution in [0.15, 0.2) is 47.8 Å². The highest BCUT2D eigenvalue weighted by atomic mass is 16.5. The van der Waals surface area contributed by atoms with Gasteiger partial charge in [-0.1, -0.05) is 23.8 Å². The quantitative estimate of drug-likeness (QED) is 0.769. The number of hydrogen-bond donors (Lipinski definition) is 1. The zero-order valence-electron chi connectivity index (χ0n) is 8.61. The molecule has 0 radical (unpaired) electrons. The van der Waals surface area contributed by atoms with Gasteiger partial charge in [-0.15, -0.1) is 0 Å². The third-order valence-electron chi connectivity index (χ3n) is 2.46. The molecule has 0 amide bonds. The van der Waals surface area contributed by atoms with Crippen molar-refractivity contribution in [2.45, 2.75) is 19.3 Å². The lowest BCUT2D eigenvalue weighted by atomic mass is 10.0. The standard InChI is InChI=1S/C12H15NO2/c13-9-12-11(14-6-7-15-12)8-10-4-2-1-3-5-10/h1-2,4,6-7H,3,5,8-9,13H2. The fourth-order valence-corrected chi connectivity index (χ4v) is 1.66. The van der Waals surface area contributed by atoms with Crippen molar-refractivity contribution in [1.82, 2.24) is 0 Å². The fraction of sp³-hybridized carbons (Fsp3) is 0.333. The Kier molecular flexibility index (Phi) is 3.25. The summed E-state index contributed by atoms with van der Waals surface area (Å²) in [5.74, 6) is 1.56. The molecule has 0 saturated carbocycles. The lowest BCUT2D eigenvalue weighted by Gasteiger charge is -2.17. The van der Waals surface area contributed by atoms with Gasteiger partial charge in [0.05, 0.1) is 6.54 Å². The lowest BCUT2D eigenvalue weighted by Crippen LogP contribution is -2.11. The minimum atomic E-state index is 0.378. The van der Waals surface area contributed by atoms with Crippen LogP contribution in [0.25, 0.3) is 0 Å². The molecule has 15 heavy (non-hydrogen) atoms. The molecular formula is C12H15NO2. The van der Waals surface area contributed by atoms with Gasteiger partial charge in [-0.2, -0.15) is 0 Å². The molecule has 0 bridgehead atoms. The summed E-state index contributed by atoms with van der Waals surface area (Å²) in [6.45, 7) is 0.378. The molecule has 2 rings (SSSR count). The van der Waals surface area contributed by atoms with E-state index in [9.17, 15) is 0 Å². The van der Waals surface area contributed by atoms with Crippen LogP contribution in [0, 0.1) is 0 Å². The molecular weight excluding hydrogens is 190 g/mol. The van der Waals surface area contributed by atoms with E-state index < -0.39 is 0 Å². The number of rotatable bonds is 3. The van der Waals surface area contributed by atoms with Gasteiger partial charge in [0.2, 0.25) is 0 Å². The van der Waals surface area contributed by atoms with E-state index in [4.69, 9.17) is 15.2 Å². The summed E-state index contributed by atoms with van der Waals surface area (Å²) < 4.78 is 10.7. The Morgan fingerprint density at radius 2 is 2.00 bits per heavy atom. The summed E-state index contributed by atoms with van der Waals surface area (Å²) in [5.41, 5.74) is 6.93. The number of ether oxygens (including phenoxy) is 2. The lowest BCUT2D eigenvalue weighted by molar-refractivity contribution is 0.218. The Balaban J connectivity index is 2.06. The average Bonchev–Trinajstić information content (AvgIpc) is 2.31. The van der Waals surface area contributed by atoms with Crippen molar-refractivity contribution < 1.29 is 9.47 Å². The van der Waals surface area contributed by atoms with Crippen LogP contribution < -0.4 is 5.73 Å². The van der Waals surface area contributed by atoms with Crippen LogP contribution in [0.4, 0.5) is 0 Å². The first-order valence-electron chi connectivity index (χ1n) is 5.15. The van der Waals surface area contributed by atoms with Crippen molar-refractivity contribution in [1.29, 1.82) is 0 Å². The van der Waals surface area contributed by atoms with Crippen LogP contribution >= 0.6 is 0 Å². The molecule has 0 aromatic carbocycles. The van der Waals surface area contributed by atoms with E-state index in [1.165, 1.54) is 11.8 Å². The third-order valence-corrected chi connectivity index (χ3v) is 2.46. The monoisotopic (exact) mass is 205 g/mol. The van der Waals surface area contributed by atoms with Crippen molar-refractivity contribution in [2.24, 2.45) is 5.73 Å². The van der Waals surface area contributed by atoms with Gasteiger partial charge in [-0.3, -0.25) is 0 Å². The predicted octanol–water partition coefficient (Wildman–Crippen LogP) is 2.34. The molecule has 2 aliphatic rings. The molecule has 0 saturated heterocycles. The van der Waals surface area contributed by atoms with Gasteiger partial charge >= 0.3 is 0 Å². The van der Waals surface area contributed by atoms with Crippen LogP contribution in [0.2, 0.25) is 0 Å². The summed E-state index contributed by atoms with van der Waals surface area (Å²) in [6.07, 6.45) is 12.4. The maximum absolute atomic E-state index is 5.57. The maximum atomic E-state index is 5.57. The first-order valence-corrected chi connectivity index (χ1v) is 5.15. The molecule has 80 valence electrons. The van der Waals surface area contributed by atoms with Crippen LogP contribution in [-0.4, -0.2) is 6.54 Å². The maximum Gasteiger partial charge on any atom is 0.155 e. The molecule has 3 nitrogen and oxygen atoms in total.